The Bertz CT molecular complexity index is 671. The van der Waals surface area contributed by atoms with Gasteiger partial charge >= 0.3 is 0 Å². The molecule has 0 unspecified atom stereocenters. The number of rotatable bonds is 3. The van der Waals surface area contributed by atoms with Gasteiger partial charge in [0.05, 0.1) is 0 Å². The molecule has 1 aliphatic heterocycles. The molecule has 0 bridgehead atoms. The van der Waals surface area contributed by atoms with Crippen molar-refractivity contribution in [3.8, 4) is 11.5 Å². The maximum absolute atomic E-state index is 5.42. The molecule has 22 heavy (non-hydrogen) atoms. The van der Waals surface area contributed by atoms with Crippen molar-refractivity contribution >= 4 is 5.82 Å². The molecule has 0 aromatic carbocycles. The minimum atomic E-state index is 0.0975. The third kappa shape index (κ3) is 2.47. The van der Waals surface area contributed by atoms with Crippen LogP contribution in [0, 0.1) is 0 Å². The molecule has 6 heteroatoms. The summed E-state index contributed by atoms with van der Waals surface area (Å²) in [5, 5.41) is 4.12. The maximum Gasteiger partial charge on any atom is 0.232 e. The minimum absolute atomic E-state index is 0.0975. The van der Waals surface area contributed by atoms with Gasteiger partial charge in [-0.3, -0.25) is 0 Å². The van der Waals surface area contributed by atoms with Crippen LogP contribution in [0.2, 0.25) is 0 Å². The van der Waals surface area contributed by atoms with Crippen LogP contribution in [-0.4, -0.2) is 53.3 Å². The summed E-state index contributed by atoms with van der Waals surface area (Å²) in [5.74, 6) is 2.34. The number of hydrogen-bond acceptors (Lipinski definition) is 6. The Morgan fingerprint density at radius 2 is 1.86 bits per heavy atom. The number of anilines is 1. The zero-order valence-corrected chi connectivity index (χ0v) is 13.1. The van der Waals surface area contributed by atoms with E-state index in [-0.39, 0.29) is 5.41 Å². The van der Waals surface area contributed by atoms with Crippen molar-refractivity contribution in [2.75, 3.05) is 38.1 Å². The summed E-state index contributed by atoms with van der Waals surface area (Å²) in [5.41, 5.74) is 0.885. The Labute approximate surface area is 130 Å². The van der Waals surface area contributed by atoms with E-state index in [1.54, 1.807) is 0 Å². The second-order valence-corrected chi connectivity index (χ2v) is 6.66. The summed E-state index contributed by atoms with van der Waals surface area (Å²) >= 11 is 0. The van der Waals surface area contributed by atoms with E-state index in [1.807, 2.05) is 12.1 Å². The molecule has 4 rings (SSSR count). The van der Waals surface area contributed by atoms with Crippen LogP contribution in [0.3, 0.4) is 0 Å². The molecule has 0 N–H and O–H groups in total. The summed E-state index contributed by atoms with van der Waals surface area (Å²) in [6, 6.07) is 6.02. The predicted molar refractivity (Wildman–Crippen MR) is 83.8 cm³/mol. The number of hydrogen-bond donors (Lipinski definition) is 0. The molecule has 0 radical (unpaired) electrons. The van der Waals surface area contributed by atoms with Crippen LogP contribution >= 0.6 is 0 Å². The monoisotopic (exact) mass is 299 g/mol. The van der Waals surface area contributed by atoms with E-state index >= 15 is 0 Å². The van der Waals surface area contributed by atoms with E-state index in [2.05, 4.69) is 40.0 Å². The molecule has 0 atom stereocenters. The minimum Gasteiger partial charge on any atom is -0.354 e. The van der Waals surface area contributed by atoms with Gasteiger partial charge in [-0.25, -0.2) is 4.98 Å². The van der Waals surface area contributed by atoms with Crippen molar-refractivity contribution in [3.63, 3.8) is 0 Å². The van der Waals surface area contributed by atoms with Crippen LogP contribution in [0.5, 0.6) is 0 Å². The standard InChI is InChI=1S/C16H21N5O/c1-16(6-7-16)15-18-14(19-22-15)12-4-3-5-13(17-12)21-10-8-20(2)9-11-21/h3-5H,6-11H2,1-2H3. The summed E-state index contributed by atoms with van der Waals surface area (Å²) in [6.07, 6.45) is 2.26. The highest BCUT2D eigenvalue weighted by molar-refractivity contribution is 5.54. The van der Waals surface area contributed by atoms with Gasteiger partial charge in [0.25, 0.3) is 0 Å². The first-order valence-electron chi connectivity index (χ1n) is 7.89. The molecule has 2 fully saturated rings. The van der Waals surface area contributed by atoms with Gasteiger partial charge in [0.15, 0.2) is 0 Å². The highest BCUT2D eigenvalue weighted by atomic mass is 16.5. The topological polar surface area (TPSA) is 58.3 Å². The quantitative estimate of drug-likeness (QED) is 0.863. The molecule has 2 aromatic rings. The van der Waals surface area contributed by atoms with Crippen molar-refractivity contribution in [2.45, 2.75) is 25.2 Å². The fourth-order valence-corrected chi connectivity index (χ4v) is 2.73. The molecule has 3 heterocycles. The Hall–Kier alpha value is -1.95. The van der Waals surface area contributed by atoms with E-state index in [9.17, 15) is 0 Å². The van der Waals surface area contributed by atoms with Gasteiger partial charge in [-0.2, -0.15) is 4.98 Å². The third-order valence-electron chi connectivity index (χ3n) is 4.73. The molecular weight excluding hydrogens is 278 g/mol. The first-order chi connectivity index (χ1) is 10.6. The Kier molecular flexibility index (Phi) is 3.14. The summed E-state index contributed by atoms with van der Waals surface area (Å²) in [4.78, 5) is 13.9. The predicted octanol–water partition coefficient (Wildman–Crippen LogP) is 1.93. The van der Waals surface area contributed by atoms with Crippen molar-refractivity contribution in [2.24, 2.45) is 0 Å². The smallest absolute Gasteiger partial charge is 0.232 e. The zero-order chi connectivity index (χ0) is 15.2. The Balaban J connectivity index is 1.57. The molecule has 2 aliphatic rings. The van der Waals surface area contributed by atoms with Crippen LogP contribution in [0.4, 0.5) is 5.82 Å². The van der Waals surface area contributed by atoms with Gasteiger partial charge in [-0.05, 0) is 32.0 Å². The molecule has 0 spiro atoms. The second kappa shape index (κ2) is 5.05. The average Bonchev–Trinajstić information content (AvgIpc) is 3.10. The van der Waals surface area contributed by atoms with E-state index < -0.39 is 0 Å². The van der Waals surface area contributed by atoms with Crippen molar-refractivity contribution in [3.05, 3.63) is 24.1 Å². The normalized spacial score (nSPS) is 21.1. The average molecular weight is 299 g/mol. The summed E-state index contributed by atoms with van der Waals surface area (Å²) in [7, 11) is 2.15. The number of pyridine rings is 1. The van der Waals surface area contributed by atoms with Gasteiger partial charge in [-0.1, -0.05) is 18.1 Å². The van der Waals surface area contributed by atoms with Crippen molar-refractivity contribution in [1.82, 2.24) is 20.0 Å². The molecule has 1 aliphatic carbocycles. The molecule has 1 saturated heterocycles. The molecule has 116 valence electrons. The van der Waals surface area contributed by atoms with E-state index in [0.29, 0.717) is 5.82 Å². The molecule has 2 aromatic heterocycles. The maximum atomic E-state index is 5.42. The van der Waals surface area contributed by atoms with Gasteiger partial charge in [0, 0.05) is 31.6 Å². The third-order valence-corrected chi connectivity index (χ3v) is 4.73. The van der Waals surface area contributed by atoms with Crippen LogP contribution < -0.4 is 4.90 Å². The van der Waals surface area contributed by atoms with E-state index in [0.717, 1.165) is 56.4 Å². The van der Waals surface area contributed by atoms with Crippen LogP contribution in [0.25, 0.3) is 11.5 Å². The van der Waals surface area contributed by atoms with Crippen LogP contribution in [0.1, 0.15) is 25.7 Å². The number of aromatic nitrogens is 3. The first kappa shape index (κ1) is 13.7. The van der Waals surface area contributed by atoms with Gasteiger partial charge < -0.3 is 14.3 Å². The Morgan fingerprint density at radius 3 is 2.59 bits per heavy atom. The molecule has 0 amide bonds. The number of likely N-dealkylation sites (N-methyl/N-ethyl adjacent to an activating group) is 1. The van der Waals surface area contributed by atoms with Gasteiger partial charge in [-0.15, -0.1) is 0 Å². The van der Waals surface area contributed by atoms with Crippen LogP contribution in [0.15, 0.2) is 22.7 Å². The summed E-state index contributed by atoms with van der Waals surface area (Å²) in [6.45, 7) is 6.30. The number of piperazine rings is 1. The highest BCUT2D eigenvalue weighted by Crippen LogP contribution is 2.46. The lowest BCUT2D eigenvalue weighted by Gasteiger charge is -2.33. The fraction of sp³-hybridized carbons (Fsp3) is 0.562. The van der Waals surface area contributed by atoms with Gasteiger partial charge in [0.2, 0.25) is 11.7 Å². The lowest BCUT2D eigenvalue weighted by molar-refractivity contribution is 0.312. The van der Waals surface area contributed by atoms with E-state index in [1.165, 1.54) is 0 Å². The van der Waals surface area contributed by atoms with Gasteiger partial charge in [0.1, 0.15) is 11.5 Å². The molecule has 1 saturated carbocycles. The first-order valence-corrected chi connectivity index (χ1v) is 7.89. The van der Waals surface area contributed by atoms with Crippen LogP contribution in [-0.2, 0) is 5.41 Å². The second-order valence-electron chi connectivity index (χ2n) is 6.66. The zero-order valence-electron chi connectivity index (χ0n) is 13.1. The lowest BCUT2D eigenvalue weighted by Crippen LogP contribution is -2.44. The summed E-state index contributed by atoms with van der Waals surface area (Å²) < 4.78 is 5.42. The lowest BCUT2D eigenvalue weighted by atomic mass is 10.1. The van der Waals surface area contributed by atoms with Crippen molar-refractivity contribution < 1.29 is 4.52 Å². The fourth-order valence-electron chi connectivity index (χ4n) is 2.73. The van der Waals surface area contributed by atoms with Crippen molar-refractivity contribution in [1.29, 1.82) is 0 Å². The highest BCUT2D eigenvalue weighted by Gasteiger charge is 2.44. The largest absolute Gasteiger partial charge is 0.354 e. The molecule has 6 nitrogen and oxygen atoms in total. The SMILES string of the molecule is CN1CCN(c2cccc(-c3noc(C4(C)CC4)n3)n2)CC1. The molecular formula is C16H21N5O. The number of nitrogens with zero attached hydrogens (tertiary/aromatic N) is 5. The Morgan fingerprint density at radius 1 is 1.09 bits per heavy atom. The van der Waals surface area contributed by atoms with E-state index in [4.69, 9.17) is 9.51 Å².